The molecule has 2 fully saturated rings. The summed E-state index contributed by atoms with van der Waals surface area (Å²) in [5.41, 5.74) is 8.76. The van der Waals surface area contributed by atoms with E-state index in [4.69, 9.17) is 5.73 Å². The molecule has 4 heteroatoms. The van der Waals surface area contributed by atoms with Crippen molar-refractivity contribution >= 4 is 5.91 Å². The maximum atomic E-state index is 11.6. The number of piperazine rings is 1. The van der Waals surface area contributed by atoms with Crippen molar-refractivity contribution in [2.75, 3.05) is 19.6 Å². The first-order chi connectivity index (χ1) is 13.0. The topological polar surface area (TPSA) is 58.4 Å². The Morgan fingerprint density at radius 2 is 1.93 bits per heavy atom. The monoisotopic (exact) mass is 363 g/mol. The highest BCUT2D eigenvalue weighted by Gasteiger charge is 2.44. The average molecular weight is 364 g/mol. The fourth-order valence-electron chi connectivity index (χ4n) is 4.86. The number of nitrogens with one attached hydrogen (secondary N) is 1. The number of fused-ring (bicyclic) bond motifs is 1. The van der Waals surface area contributed by atoms with Gasteiger partial charge in [-0.25, -0.2) is 0 Å². The molecule has 2 aliphatic heterocycles. The highest BCUT2D eigenvalue weighted by Crippen LogP contribution is 2.43. The lowest BCUT2D eigenvalue weighted by molar-refractivity contribution is 0.0242. The number of primary amides is 1. The Morgan fingerprint density at radius 3 is 2.67 bits per heavy atom. The van der Waals surface area contributed by atoms with Crippen LogP contribution in [0, 0.1) is 5.92 Å². The zero-order chi connectivity index (χ0) is 19.0. The molecular weight excluding hydrogens is 334 g/mol. The highest BCUT2D eigenvalue weighted by molar-refractivity contribution is 5.92. The minimum atomic E-state index is -0.351. The molecule has 0 saturated carbocycles. The van der Waals surface area contributed by atoms with Crippen molar-refractivity contribution < 1.29 is 4.79 Å². The molecular formula is C23H29N3O. The van der Waals surface area contributed by atoms with E-state index in [-0.39, 0.29) is 11.3 Å². The lowest BCUT2D eigenvalue weighted by Gasteiger charge is -2.53. The fourth-order valence-corrected chi connectivity index (χ4v) is 4.86. The van der Waals surface area contributed by atoms with E-state index in [2.05, 4.69) is 60.5 Å². The summed E-state index contributed by atoms with van der Waals surface area (Å²) >= 11 is 0. The van der Waals surface area contributed by atoms with Gasteiger partial charge >= 0.3 is 0 Å². The van der Waals surface area contributed by atoms with Gasteiger partial charge in [0.15, 0.2) is 0 Å². The van der Waals surface area contributed by atoms with E-state index in [1.54, 1.807) is 0 Å². The van der Waals surface area contributed by atoms with Gasteiger partial charge in [0.1, 0.15) is 0 Å². The van der Waals surface area contributed by atoms with Crippen LogP contribution in [0.1, 0.15) is 47.8 Å². The van der Waals surface area contributed by atoms with Crippen molar-refractivity contribution in [1.29, 1.82) is 0 Å². The van der Waals surface area contributed by atoms with Crippen LogP contribution in [0.15, 0.2) is 54.6 Å². The van der Waals surface area contributed by atoms with Crippen molar-refractivity contribution in [3.05, 3.63) is 71.3 Å². The number of carbonyl (C=O) groups excluding carboxylic acids is 1. The summed E-state index contributed by atoms with van der Waals surface area (Å²) in [6, 6.07) is 19.6. The number of nitrogens with zero attached hydrogens (tertiary/aromatic N) is 1. The number of hydrogen-bond acceptors (Lipinski definition) is 3. The van der Waals surface area contributed by atoms with Crippen molar-refractivity contribution in [1.82, 2.24) is 10.2 Å². The second-order valence-electron chi connectivity index (χ2n) is 8.45. The maximum absolute atomic E-state index is 11.6. The van der Waals surface area contributed by atoms with Gasteiger partial charge in [0.2, 0.25) is 5.91 Å². The Labute approximate surface area is 161 Å². The molecule has 0 bridgehead atoms. The van der Waals surface area contributed by atoms with E-state index >= 15 is 0 Å². The van der Waals surface area contributed by atoms with Crippen LogP contribution in [-0.2, 0) is 5.41 Å². The molecule has 2 heterocycles. The molecule has 0 aliphatic carbocycles. The molecule has 4 rings (SSSR count). The van der Waals surface area contributed by atoms with Gasteiger partial charge in [-0.1, -0.05) is 56.3 Å². The molecule has 0 aromatic heterocycles. The quantitative estimate of drug-likeness (QED) is 0.881. The standard InChI is InChI=1S/C23H29N3O/c1-16-14-26-15-21(17-7-4-3-5-8-17)25-13-20(26)12-23(16,2)19-10-6-9-18(11-19)22(24)27/h3-11,16,20-21,25H,12-15H2,1-2H3,(H2,24,27). The van der Waals surface area contributed by atoms with Crippen LogP contribution < -0.4 is 11.1 Å². The van der Waals surface area contributed by atoms with Crippen LogP contribution in [0.4, 0.5) is 0 Å². The summed E-state index contributed by atoms with van der Waals surface area (Å²) in [4.78, 5) is 14.3. The van der Waals surface area contributed by atoms with Gasteiger partial charge in [0, 0.05) is 37.3 Å². The molecule has 4 nitrogen and oxygen atoms in total. The first kappa shape index (κ1) is 18.2. The number of benzene rings is 2. The van der Waals surface area contributed by atoms with Crippen molar-refractivity contribution in [2.45, 2.75) is 37.8 Å². The summed E-state index contributed by atoms with van der Waals surface area (Å²) in [7, 11) is 0. The molecule has 4 atom stereocenters. The summed E-state index contributed by atoms with van der Waals surface area (Å²) in [6.07, 6.45) is 1.09. The third kappa shape index (κ3) is 3.40. The minimum absolute atomic E-state index is 0.0495. The van der Waals surface area contributed by atoms with Crippen LogP contribution in [0.25, 0.3) is 0 Å². The Kier molecular flexibility index (Phi) is 4.79. The van der Waals surface area contributed by atoms with Crippen molar-refractivity contribution in [3.8, 4) is 0 Å². The molecule has 142 valence electrons. The largest absolute Gasteiger partial charge is 0.366 e. The zero-order valence-corrected chi connectivity index (χ0v) is 16.2. The van der Waals surface area contributed by atoms with Crippen LogP contribution in [0.5, 0.6) is 0 Å². The number of piperidine rings is 1. The van der Waals surface area contributed by atoms with Gasteiger partial charge in [-0.3, -0.25) is 9.69 Å². The molecule has 2 aliphatic rings. The SMILES string of the molecule is CC1CN2CC(c3ccccc3)NCC2CC1(C)c1cccc(C(N)=O)c1. The lowest BCUT2D eigenvalue weighted by Crippen LogP contribution is -2.60. The van der Waals surface area contributed by atoms with E-state index in [1.165, 1.54) is 11.1 Å². The highest BCUT2D eigenvalue weighted by atomic mass is 16.1. The average Bonchev–Trinajstić information content (AvgIpc) is 2.69. The Morgan fingerprint density at radius 1 is 1.15 bits per heavy atom. The lowest BCUT2D eigenvalue weighted by atomic mass is 9.65. The molecule has 1 amide bonds. The Hall–Kier alpha value is -2.17. The zero-order valence-electron chi connectivity index (χ0n) is 16.2. The molecule has 2 aromatic carbocycles. The van der Waals surface area contributed by atoms with Crippen molar-refractivity contribution in [2.24, 2.45) is 11.7 Å². The van der Waals surface area contributed by atoms with E-state index in [0.29, 0.717) is 23.6 Å². The second-order valence-corrected chi connectivity index (χ2v) is 8.45. The van der Waals surface area contributed by atoms with E-state index in [1.807, 2.05) is 18.2 Å². The van der Waals surface area contributed by atoms with Gasteiger partial charge in [-0.15, -0.1) is 0 Å². The van der Waals surface area contributed by atoms with Crippen molar-refractivity contribution in [3.63, 3.8) is 0 Å². The summed E-state index contributed by atoms with van der Waals surface area (Å²) in [5, 5.41) is 3.75. The second kappa shape index (κ2) is 7.10. The molecule has 27 heavy (non-hydrogen) atoms. The van der Waals surface area contributed by atoms with Gasteiger partial charge in [-0.2, -0.15) is 0 Å². The molecule has 2 saturated heterocycles. The number of nitrogens with two attached hydrogens (primary N) is 1. The predicted molar refractivity (Wildman–Crippen MR) is 109 cm³/mol. The summed E-state index contributed by atoms with van der Waals surface area (Å²) in [5.74, 6) is 0.155. The molecule has 3 N–H and O–H groups in total. The number of hydrogen-bond donors (Lipinski definition) is 2. The van der Waals surface area contributed by atoms with Gasteiger partial charge in [0.25, 0.3) is 0 Å². The van der Waals surface area contributed by atoms with E-state index < -0.39 is 0 Å². The smallest absolute Gasteiger partial charge is 0.248 e. The van der Waals surface area contributed by atoms with E-state index in [0.717, 1.165) is 26.1 Å². The molecule has 0 spiro atoms. The van der Waals surface area contributed by atoms with Gasteiger partial charge in [-0.05, 0) is 41.0 Å². The van der Waals surface area contributed by atoms with Crippen LogP contribution in [0.2, 0.25) is 0 Å². The molecule has 2 aromatic rings. The third-order valence-corrected chi connectivity index (χ3v) is 6.80. The van der Waals surface area contributed by atoms with Crippen LogP contribution in [-0.4, -0.2) is 36.5 Å². The number of carbonyl (C=O) groups is 1. The third-order valence-electron chi connectivity index (χ3n) is 6.80. The minimum Gasteiger partial charge on any atom is -0.366 e. The predicted octanol–water partition coefficient (Wildman–Crippen LogP) is 3.10. The maximum Gasteiger partial charge on any atom is 0.248 e. The van der Waals surface area contributed by atoms with Crippen LogP contribution >= 0.6 is 0 Å². The van der Waals surface area contributed by atoms with Crippen LogP contribution in [0.3, 0.4) is 0 Å². The van der Waals surface area contributed by atoms with Gasteiger partial charge < -0.3 is 11.1 Å². The normalized spacial score (nSPS) is 31.3. The summed E-state index contributed by atoms with van der Waals surface area (Å²) < 4.78 is 0. The summed E-state index contributed by atoms with van der Waals surface area (Å²) in [6.45, 7) is 7.81. The number of rotatable bonds is 3. The van der Waals surface area contributed by atoms with Gasteiger partial charge in [0.05, 0.1) is 0 Å². The Bertz CT molecular complexity index is 821. The first-order valence-corrected chi connectivity index (χ1v) is 9.90. The van der Waals surface area contributed by atoms with E-state index in [9.17, 15) is 4.79 Å². The fraction of sp³-hybridized carbons (Fsp3) is 0.435. The Balaban J connectivity index is 1.54. The number of amides is 1. The molecule has 0 radical (unpaired) electrons. The molecule has 4 unspecified atom stereocenters. The first-order valence-electron chi connectivity index (χ1n) is 9.90.